The van der Waals surface area contributed by atoms with Gasteiger partial charge in [-0.05, 0) is 54.4 Å². The number of nitrogens with one attached hydrogen (secondary N) is 2. The second-order valence-corrected chi connectivity index (χ2v) is 10.8. The monoisotopic (exact) mass is 527 g/mol. The van der Waals surface area contributed by atoms with E-state index in [1.165, 1.54) is 4.31 Å². The Morgan fingerprint density at radius 3 is 1.97 bits per heavy atom. The molecule has 38 heavy (non-hydrogen) atoms. The van der Waals surface area contributed by atoms with Crippen LogP contribution in [-0.2, 0) is 16.6 Å². The molecule has 0 aliphatic carbocycles. The van der Waals surface area contributed by atoms with Crippen molar-refractivity contribution in [3.05, 3.63) is 131 Å². The van der Waals surface area contributed by atoms with Crippen molar-refractivity contribution < 1.29 is 18.0 Å². The van der Waals surface area contributed by atoms with Crippen molar-refractivity contribution in [1.29, 1.82) is 0 Å². The molecule has 0 fully saturated rings. The molecule has 8 heteroatoms. The summed E-state index contributed by atoms with van der Waals surface area (Å²) in [6.07, 6.45) is 1.15. The lowest BCUT2D eigenvalue weighted by Crippen LogP contribution is -2.29. The van der Waals surface area contributed by atoms with Gasteiger partial charge in [0.2, 0.25) is 10.0 Å². The van der Waals surface area contributed by atoms with Crippen molar-refractivity contribution in [3.8, 4) is 0 Å². The van der Waals surface area contributed by atoms with Gasteiger partial charge in [0.25, 0.3) is 11.8 Å². The zero-order valence-electron chi connectivity index (χ0n) is 21.2. The van der Waals surface area contributed by atoms with Crippen LogP contribution in [0.2, 0.25) is 0 Å². The Morgan fingerprint density at radius 2 is 1.34 bits per heavy atom. The third kappa shape index (κ3) is 6.66. The van der Waals surface area contributed by atoms with Crippen LogP contribution in [0.5, 0.6) is 0 Å². The predicted octanol–water partition coefficient (Wildman–Crippen LogP) is 5.40. The number of amides is 2. The second kappa shape index (κ2) is 11.7. The number of para-hydroxylation sites is 1. The minimum Gasteiger partial charge on any atom is -0.345 e. The Hall–Kier alpha value is -4.43. The highest BCUT2D eigenvalue weighted by Crippen LogP contribution is 2.23. The van der Waals surface area contributed by atoms with Crippen LogP contribution >= 0.6 is 0 Å². The molecule has 4 aromatic carbocycles. The molecule has 7 nitrogen and oxygen atoms in total. The number of carbonyl (C=O) groups excluding carboxylic acids is 2. The molecule has 0 bridgehead atoms. The van der Waals surface area contributed by atoms with Crippen molar-refractivity contribution in [2.45, 2.75) is 19.5 Å². The van der Waals surface area contributed by atoms with Crippen molar-refractivity contribution in [2.75, 3.05) is 15.9 Å². The molecule has 0 spiro atoms. The number of rotatable bonds is 9. The van der Waals surface area contributed by atoms with Gasteiger partial charge in [0.1, 0.15) is 0 Å². The summed E-state index contributed by atoms with van der Waals surface area (Å²) in [5, 5.41) is 5.78. The minimum atomic E-state index is -3.55. The summed E-state index contributed by atoms with van der Waals surface area (Å²) in [5.41, 5.74) is 3.30. The maximum Gasteiger partial charge on any atom is 0.255 e. The van der Waals surface area contributed by atoms with E-state index in [4.69, 9.17) is 0 Å². The van der Waals surface area contributed by atoms with Gasteiger partial charge in [-0.1, -0.05) is 72.8 Å². The smallest absolute Gasteiger partial charge is 0.255 e. The van der Waals surface area contributed by atoms with E-state index in [1.54, 1.807) is 48.5 Å². The van der Waals surface area contributed by atoms with E-state index in [-0.39, 0.29) is 18.5 Å². The average Bonchev–Trinajstić information content (AvgIpc) is 2.92. The highest BCUT2D eigenvalue weighted by molar-refractivity contribution is 7.92. The molecule has 0 saturated carbocycles. The summed E-state index contributed by atoms with van der Waals surface area (Å²) < 4.78 is 26.2. The number of carbonyl (C=O) groups is 2. The van der Waals surface area contributed by atoms with E-state index < -0.39 is 15.9 Å². The van der Waals surface area contributed by atoms with Gasteiger partial charge < -0.3 is 10.6 Å². The van der Waals surface area contributed by atoms with Crippen LogP contribution in [0, 0.1) is 0 Å². The van der Waals surface area contributed by atoms with E-state index in [2.05, 4.69) is 10.6 Å². The largest absolute Gasteiger partial charge is 0.345 e. The molecule has 0 aromatic heterocycles. The molecule has 194 valence electrons. The number of nitrogens with zero attached hydrogens (tertiary/aromatic N) is 1. The van der Waals surface area contributed by atoms with Gasteiger partial charge >= 0.3 is 0 Å². The number of hydrogen-bond donors (Lipinski definition) is 2. The molecule has 0 unspecified atom stereocenters. The van der Waals surface area contributed by atoms with Crippen LogP contribution in [0.15, 0.2) is 109 Å². The van der Waals surface area contributed by atoms with E-state index in [9.17, 15) is 18.0 Å². The zero-order chi connectivity index (χ0) is 27.1. The number of benzene rings is 4. The van der Waals surface area contributed by atoms with E-state index in [0.717, 1.165) is 17.4 Å². The fraction of sp³-hybridized carbons (Fsp3) is 0.133. The topological polar surface area (TPSA) is 95.6 Å². The summed E-state index contributed by atoms with van der Waals surface area (Å²) in [5.74, 6) is -0.723. The highest BCUT2D eigenvalue weighted by Gasteiger charge is 2.20. The molecular formula is C30H29N3O4S. The third-order valence-electron chi connectivity index (χ3n) is 6.05. The summed E-state index contributed by atoms with van der Waals surface area (Å²) in [6, 6.07) is 31.8. The first-order chi connectivity index (χ1) is 18.2. The van der Waals surface area contributed by atoms with Gasteiger partial charge in [0.15, 0.2) is 0 Å². The Morgan fingerprint density at radius 1 is 0.763 bits per heavy atom. The van der Waals surface area contributed by atoms with Gasteiger partial charge in [0.05, 0.1) is 35.8 Å². The molecular weight excluding hydrogens is 498 g/mol. The first kappa shape index (κ1) is 26.6. The molecule has 0 aliphatic heterocycles. The van der Waals surface area contributed by atoms with Gasteiger partial charge in [0, 0.05) is 5.56 Å². The summed E-state index contributed by atoms with van der Waals surface area (Å²) in [4.78, 5) is 26.0. The predicted molar refractivity (Wildman–Crippen MR) is 151 cm³/mol. The maximum absolute atomic E-state index is 13.0. The lowest BCUT2D eigenvalue weighted by Gasteiger charge is -2.22. The highest BCUT2D eigenvalue weighted by atomic mass is 32.2. The molecule has 2 amide bonds. The van der Waals surface area contributed by atoms with E-state index in [1.807, 2.05) is 67.6 Å². The molecule has 1 atom stereocenters. The van der Waals surface area contributed by atoms with Crippen molar-refractivity contribution in [2.24, 2.45) is 0 Å². The molecule has 2 N–H and O–H groups in total. The number of hydrogen-bond acceptors (Lipinski definition) is 4. The zero-order valence-corrected chi connectivity index (χ0v) is 22.0. The molecule has 4 rings (SSSR count). The molecule has 0 heterocycles. The summed E-state index contributed by atoms with van der Waals surface area (Å²) in [6.45, 7) is 2.07. The Balaban J connectivity index is 1.49. The minimum absolute atomic E-state index is 0.176. The first-order valence-electron chi connectivity index (χ1n) is 12.1. The van der Waals surface area contributed by atoms with Crippen LogP contribution < -0.4 is 14.9 Å². The number of sulfonamides is 1. The van der Waals surface area contributed by atoms with Crippen molar-refractivity contribution in [3.63, 3.8) is 0 Å². The fourth-order valence-electron chi connectivity index (χ4n) is 4.01. The van der Waals surface area contributed by atoms with Crippen LogP contribution in [-0.4, -0.2) is 26.5 Å². The van der Waals surface area contributed by atoms with Gasteiger partial charge in [-0.15, -0.1) is 0 Å². The standard InChI is InChI=1S/C30H29N3O4S/c1-22(24-13-7-4-8-14-24)31-30(35)27-15-9-10-16-28(27)32-29(34)25-17-19-26(20-18-25)33(38(2,36)37)21-23-11-5-3-6-12-23/h3-20,22H,21H2,1-2H3,(H,31,35)(H,32,34)/t22-/m0/s1. The summed E-state index contributed by atoms with van der Waals surface area (Å²) >= 11 is 0. The van der Waals surface area contributed by atoms with Crippen LogP contribution in [0.4, 0.5) is 11.4 Å². The normalized spacial score (nSPS) is 11.8. The quantitative estimate of drug-likeness (QED) is 0.305. The molecule has 0 saturated heterocycles. The van der Waals surface area contributed by atoms with E-state index in [0.29, 0.717) is 22.5 Å². The molecule has 4 aromatic rings. The van der Waals surface area contributed by atoms with Crippen molar-refractivity contribution in [1.82, 2.24) is 5.32 Å². The Labute approximate surface area is 223 Å². The van der Waals surface area contributed by atoms with E-state index >= 15 is 0 Å². The second-order valence-electron chi connectivity index (χ2n) is 8.91. The fourth-order valence-corrected chi connectivity index (χ4v) is 4.90. The first-order valence-corrected chi connectivity index (χ1v) is 13.9. The summed E-state index contributed by atoms with van der Waals surface area (Å²) in [7, 11) is -3.55. The van der Waals surface area contributed by atoms with Gasteiger partial charge in [-0.2, -0.15) is 0 Å². The average molecular weight is 528 g/mol. The SMILES string of the molecule is C[C@H](NC(=O)c1ccccc1NC(=O)c1ccc(N(Cc2ccccc2)S(C)(=O)=O)cc1)c1ccccc1. The van der Waals surface area contributed by atoms with Gasteiger partial charge in [-0.25, -0.2) is 8.42 Å². The van der Waals surface area contributed by atoms with Crippen LogP contribution in [0.3, 0.4) is 0 Å². The van der Waals surface area contributed by atoms with Crippen LogP contribution in [0.1, 0.15) is 44.8 Å². The Kier molecular flexibility index (Phi) is 8.23. The molecule has 0 aliphatic rings. The van der Waals surface area contributed by atoms with Crippen LogP contribution in [0.25, 0.3) is 0 Å². The van der Waals surface area contributed by atoms with Crippen molar-refractivity contribution >= 4 is 33.2 Å². The Bertz CT molecular complexity index is 1510. The van der Waals surface area contributed by atoms with Gasteiger partial charge in [-0.3, -0.25) is 13.9 Å². The third-order valence-corrected chi connectivity index (χ3v) is 7.19. The lowest BCUT2D eigenvalue weighted by atomic mass is 10.1. The lowest BCUT2D eigenvalue weighted by molar-refractivity contribution is 0.0940. The maximum atomic E-state index is 13.0. The molecule has 0 radical (unpaired) electrons. The number of anilines is 2.